The summed E-state index contributed by atoms with van der Waals surface area (Å²) in [6, 6.07) is 21.8. The Labute approximate surface area is 195 Å². The van der Waals surface area contributed by atoms with Gasteiger partial charge in [0.2, 0.25) is 0 Å². The van der Waals surface area contributed by atoms with Crippen LogP contribution in [0.5, 0.6) is 5.75 Å². The minimum atomic E-state index is -0.379. The molecule has 3 heteroatoms. The van der Waals surface area contributed by atoms with Crippen molar-refractivity contribution >= 4 is 10.8 Å². The minimum Gasteiger partial charge on any atom is -0.497 e. The van der Waals surface area contributed by atoms with Crippen molar-refractivity contribution in [2.45, 2.75) is 45.4 Å². The van der Waals surface area contributed by atoms with Crippen molar-refractivity contribution < 1.29 is 13.5 Å². The molecule has 170 valence electrons. The molecule has 0 aliphatic rings. The molecular formula is C30H30F2O. The number of hydrogen-bond donors (Lipinski definition) is 0. The predicted octanol–water partition coefficient (Wildman–Crippen LogP) is 8.97. The largest absolute Gasteiger partial charge is 0.497 e. The van der Waals surface area contributed by atoms with Crippen molar-refractivity contribution in [3.8, 4) is 28.0 Å². The van der Waals surface area contributed by atoms with Gasteiger partial charge in [0.15, 0.2) is 0 Å². The molecule has 33 heavy (non-hydrogen) atoms. The first-order chi connectivity index (χ1) is 16.1. The predicted molar refractivity (Wildman–Crippen MR) is 134 cm³/mol. The molecule has 4 rings (SSSR count). The molecule has 0 N–H and O–H groups in total. The third-order valence-corrected chi connectivity index (χ3v) is 6.27. The van der Waals surface area contributed by atoms with Crippen LogP contribution in [0.15, 0.2) is 72.8 Å². The van der Waals surface area contributed by atoms with Gasteiger partial charge in [0, 0.05) is 16.5 Å². The normalized spacial score (nSPS) is 11.2. The second kappa shape index (κ2) is 10.6. The maximum atomic E-state index is 15.4. The van der Waals surface area contributed by atoms with Crippen LogP contribution in [0.2, 0.25) is 0 Å². The van der Waals surface area contributed by atoms with Gasteiger partial charge in [-0.1, -0.05) is 87.2 Å². The van der Waals surface area contributed by atoms with Gasteiger partial charge in [-0.2, -0.15) is 0 Å². The third-order valence-electron chi connectivity index (χ3n) is 6.27. The SMILES string of the molecule is CCCCCCCc1ccc2c(F)c(-c3ccc(-c4ccc(OC)cc4)c(F)c3)ccc2c1. The van der Waals surface area contributed by atoms with Gasteiger partial charge in [0.05, 0.1) is 7.11 Å². The summed E-state index contributed by atoms with van der Waals surface area (Å²) in [5.74, 6) is 0.0304. The van der Waals surface area contributed by atoms with E-state index in [0.29, 0.717) is 27.8 Å². The quantitative estimate of drug-likeness (QED) is 0.234. The topological polar surface area (TPSA) is 9.23 Å². The Morgan fingerprint density at radius 3 is 2.15 bits per heavy atom. The molecule has 1 nitrogen and oxygen atoms in total. The fourth-order valence-corrected chi connectivity index (χ4v) is 4.34. The Hall–Kier alpha value is -3.20. The van der Waals surface area contributed by atoms with Gasteiger partial charge in [-0.15, -0.1) is 0 Å². The number of fused-ring (bicyclic) bond motifs is 1. The number of rotatable bonds is 9. The van der Waals surface area contributed by atoms with Gasteiger partial charge >= 0.3 is 0 Å². The zero-order valence-corrected chi connectivity index (χ0v) is 19.3. The summed E-state index contributed by atoms with van der Waals surface area (Å²) >= 11 is 0. The molecule has 4 aromatic carbocycles. The lowest BCUT2D eigenvalue weighted by Gasteiger charge is -2.11. The summed E-state index contributed by atoms with van der Waals surface area (Å²) in [7, 11) is 1.60. The first-order valence-corrected chi connectivity index (χ1v) is 11.8. The van der Waals surface area contributed by atoms with Gasteiger partial charge in [0.1, 0.15) is 17.4 Å². The Bertz CT molecular complexity index is 1230. The number of halogens is 2. The molecular weight excluding hydrogens is 414 g/mol. The average Bonchev–Trinajstić information content (AvgIpc) is 2.84. The van der Waals surface area contributed by atoms with Crippen molar-refractivity contribution in [2.75, 3.05) is 7.11 Å². The van der Waals surface area contributed by atoms with Crippen LogP contribution in [0.25, 0.3) is 33.0 Å². The maximum absolute atomic E-state index is 15.4. The van der Waals surface area contributed by atoms with Gasteiger partial charge in [0.25, 0.3) is 0 Å². The highest BCUT2D eigenvalue weighted by atomic mass is 19.1. The molecule has 0 radical (unpaired) electrons. The van der Waals surface area contributed by atoms with Gasteiger partial charge in [-0.05, 0) is 53.1 Å². The van der Waals surface area contributed by atoms with E-state index in [4.69, 9.17) is 4.74 Å². The lowest BCUT2D eigenvalue weighted by molar-refractivity contribution is 0.415. The molecule has 0 aromatic heterocycles. The van der Waals surface area contributed by atoms with Gasteiger partial charge in [-0.3, -0.25) is 0 Å². The Morgan fingerprint density at radius 2 is 1.42 bits per heavy atom. The Kier molecular flexibility index (Phi) is 7.39. The van der Waals surface area contributed by atoms with Crippen LogP contribution in [0.3, 0.4) is 0 Å². The molecule has 4 aromatic rings. The van der Waals surface area contributed by atoms with Crippen molar-refractivity contribution in [2.24, 2.45) is 0 Å². The van der Waals surface area contributed by atoms with Gasteiger partial charge in [-0.25, -0.2) is 8.78 Å². The zero-order chi connectivity index (χ0) is 23.2. The summed E-state index contributed by atoms with van der Waals surface area (Å²) in [5.41, 5.74) is 3.41. The van der Waals surface area contributed by atoms with Gasteiger partial charge < -0.3 is 4.74 Å². The molecule has 0 aliphatic heterocycles. The number of hydrogen-bond acceptors (Lipinski definition) is 1. The fraction of sp³-hybridized carbons (Fsp3) is 0.267. The van der Waals surface area contributed by atoms with Crippen LogP contribution in [-0.4, -0.2) is 7.11 Å². The highest BCUT2D eigenvalue weighted by Gasteiger charge is 2.13. The van der Waals surface area contributed by atoms with Crippen LogP contribution in [-0.2, 0) is 6.42 Å². The molecule has 0 saturated heterocycles. The Morgan fingerprint density at radius 1 is 0.697 bits per heavy atom. The molecule has 0 heterocycles. The molecule has 0 unspecified atom stereocenters. The molecule has 0 amide bonds. The van der Waals surface area contributed by atoms with Crippen LogP contribution in [0, 0.1) is 11.6 Å². The summed E-state index contributed by atoms with van der Waals surface area (Å²) in [6.07, 6.45) is 7.21. The van der Waals surface area contributed by atoms with E-state index >= 15 is 4.39 Å². The van der Waals surface area contributed by atoms with E-state index in [1.807, 2.05) is 30.3 Å². The van der Waals surface area contributed by atoms with E-state index in [1.165, 1.54) is 37.3 Å². The van der Waals surface area contributed by atoms with Crippen LogP contribution in [0.4, 0.5) is 8.78 Å². The fourth-order valence-electron chi connectivity index (χ4n) is 4.34. The molecule has 0 spiro atoms. The van der Waals surface area contributed by atoms with E-state index < -0.39 is 0 Å². The average molecular weight is 445 g/mol. The molecule has 0 fully saturated rings. The van der Waals surface area contributed by atoms with E-state index in [1.54, 1.807) is 37.4 Å². The van der Waals surface area contributed by atoms with E-state index in [9.17, 15) is 4.39 Å². The highest BCUT2D eigenvalue weighted by molar-refractivity contribution is 5.89. The zero-order valence-electron chi connectivity index (χ0n) is 19.3. The molecule has 0 aliphatic carbocycles. The highest BCUT2D eigenvalue weighted by Crippen LogP contribution is 2.33. The number of benzene rings is 4. The van der Waals surface area contributed by atoms with E-state index in [2.05, 4.69) is 13.0 Å². The molecule has 0 saturated carbocycles. The van der Waals surface area contributed by atoms with Crippen LogP contribution in [0.1, 0.15) is 44.6 Å². The number of aryl methyl sites for hydroxylation is 1. The number of methoxy groups -OCH3 is 1. The minimum absolute atomic E-state index is 0.307. The number of unbranched alkanes of at least 4 members (excludes halogenated alkanes) is 4. The Balaban J connectivity index is 1.56. The summed E-state index contributed by atoms with van der Waals surface area (Å²) in [6.45, 7) is 2.22. The summed E-state index contributed by atoms with van der Waals surface area (Å²) in [5, 5.41) is 1.46. The third kappa shape index (κ3) is 5.24. The second-order valence-electron chi connectivity index (χ2n) is 8.57. The summed E-state index contributed by atoms with van der Waals surface area (Å²) in [4.78, 5) is 0. The second-order valence-corrected chi connectivity index (χ2v) is 8.57. The van der Waals surface area contributed by atoms with Crippen LogP contribution < -0.4 is 4.74 Å². The molecule has 0 atom stereocenters. The summed E-state index contributed by atoms with van der Waals surface area (Å²) < 4.78 is 35.5. The van der Waals surface area contributed by atoms with Crippen molar-refractivity contribution in [3.05, 3.63) is 90.0 Å². The first kappa shape index (κ1) is 23.0. The molecule has 0 bridgehead atoms. The number of ether oxygens (including phenoxy) is 1. The van der Waals surface area contributed by atoms with Crippen molar-refractivity contribution in [3.63, 3.8) is 0 Å². The monoisotopic (exact) mass is 444 g/mol. The smallest absolute Gasteiger partial charge is 0.138 e. The maximum Gasteiger partial charge on any atom is 0.138 e. The van der Waals surface area contributed by atoms with Crippen LogP contribution >= 0.6 is 0 Å². The van der Waals surface area contributed by atoms with Crippen molar-refractivity contribution in [1.82, 2.24) is 0 Å². The standard InChI is InChI=1S/C30H30F2O/c1-3-4-5-6-7-8-21-9-16-27-23(19-21)13-18-28(30(27)32)24-12-17-26(29(31)20-24)22-10-14-25(33-2)15-11-22/h9-20H,3-8H2,1-2H3. The van der Waals surface area contributed by atoms with E-state index in [-0.39, 0.29) is 11.6 Å². The lowest BCUT2D eigenvalue weighted by atomic mass is 9.96. The first-order valence-electron chi connectivity index (χ1n) is 11.8. The van der Waals surface area contributed by atoms with E-state index in [0.717, 1.165) is 23.8 Å². The lowest BCUT2D eigenvalue weighted by Crippen LogP contribution is -1.92. The van der Waals surface area contributed by atoms with Crippen molar-refractivity contribution in [1.29, 1.82) is 0 Å².